The van der Waals surface area contributed by atoms with Crippen LogP contribution in [0.25, 0.3) is 17.1 Å². The summed E-state index contributed by atoms with van der Waals surface area (Å²) in [6.45, 7) is 0. The summed E-state index contributed by atoms with van der Waals surface area (Å²) in [7, 11) is 0. The standard InChI is InChI=1S/C23H18N6O5S/c30-19-10-9-16(20(31)12-19)13-24-25-21(32)14-35-23-27-26-22(28(23)17-6-2-1-3-7-17)15-5-4-8-18(11-15)29(33)34/h1-13,30-31H,14H2,(H,25,32)/b24-13+. The van der Waals surface area contributed by atoms with Crippen LogP contribution < -0.4 is 5.43 Å². The van der Waals surface area contributed by atoms with E-state index in [1.54, 1.807) is 16.7 Å². The molecule has 0 unspecified atom stereocenters. The van der Waals surface area contributed by atoms with Gasteiger partial charge in [0, 0.05) is 35.0 Å². The highest BCUT2D eigenvalue weighted by atomic mass is 32.2. The molecule has 0 bridgehead atoms. The monoisotopic (exact) mass is 490 g/mol. The Bertz CT molecular complexity index is 1410. The molecule has 0 aliphatic carbocycles. The fraction of sp³-hybridized carbons (Fsp3) is 0.0435. The van der Waals surface area contributed by atoms with Crippen molar-refractivity contribution in [2.75, 3.05) is 5.75 Å². The van der Waals surface area contributed by atoms with Gasteiger partial charge in [0.25, 0.3) is 11.6 Å². The Kier molecular flexibility index (Phi) is 7.02. The number of para-hydroxylation sites is 1. The smallest absolute Gasteiger partial charge is 0.270 e. The summed E-state index contributed by atoms with van der Waals surface area (Å²) in [5, 5.41) is 42.9. The number of hydrogen-bond donors (Lipinski definition) is 3. The number of phenols is 2. The molecule has 0 saturated carbocycles. The van der Waals surface area contributed by atoms with E-state index in [1.807, 2.05) is 30.3 Å². The summed E-state index contributed by atoms with van der Waals surface area (Å²) in [6.07, 6.45) is 1.25. The molecule has 1 aromatic heterocycles. The number of hydrazone groups is 1. The Morgan fingerprint density at radius 3 is 2.63 bits per heavy atom. The minimum absolute atomic E-state index is 0.0429. The highest BCUT2D eigenvalue weighted by Crippen LogP contribution is 2.29. The number of carbonyl (C=O) groups is 1. The van der Waals surface area contributed by atoms with Crippen molar-refractivity contribution in [2.45, 2.75) is 5.16 Å². The molecule has 3 aromatic carbocycles. The van der Waals surface area contributed by atoms with E-state index in [9.17, 15) is 25.1 Å². The zero-order chi connectivity index (χ0) is 24.8. The van der Waals surface area contributed by atoms with E-state index in [0.717, 1.165) is 23.5 Å². The second-order valence-corrected chi connectivity index (χ2v) is 8.05. The van der Waals surface area contributed by atoms with Gasteiger partial charge in [-0.3, -0.25) is 19.5 Å². The molecule has 0 fully saturated rings. The molecular weight excluding hydrogens is 472 g/mol. The number of nitrogens with one attached hydrogen (secondary N) is 1. The molecule has 0 radical (unpaired) electrons. The first-order chi connectivity index (χ1) is 16.9. The maximum atomic E-state index is 12.3. The van der Waals surface area contributed by atoms with Crippen molar-refractivity contribution in [3.8, 4) is 28.6 Å². The van der Waals surface area contributed by atoms with Crippen LogP contribution in [0.4, 0.5) is 5.69 Å². The number of nitro groups is 1. The lowest BCUT2D eigenvalue weighted by atomic mass is 10.2. The number of aromatic hydroxyl groups is 2. The van der Waals surface area contributed by atoms with Gasteiger partial charge < -0.3 is 10.2 Å². The van der Waals surface area contributed by atoms with Crippen molar-refractivity contribution in [2.24, 2.45) is 5.10 Å². The van der Waals surface area contributed by atoms with E-state index in [4.69, 9.17) is 0 Å². The molecule has 4 aromatic rings. The number of rotatable bonds is 8. The largest absolute Gasteiger partial charge is 0.508 e. The molecule has 0 spiro atoms. The quantitative estimate of drug-likeness (QED) is 0.147. The van der Waals surface area contributed by atoms with Gasteiger partial charge in [-0.2, -0.15) is 5.10 Å². The van der Waals surface area contributed by atoms with Gasteiger partial charge in [-0.05, 0) is 24.3 Å². The van der Waals surface area contributed by atoms with Gasteiger partial charge in [0.1, 0.15) is 11.5 Å². The van der Waals surface area contributed by atoms with Crippen molar-refractivity contribution >= 4 is 29.6 Å². The van der Waals surface area contributed by atoms with Gasteiger partial charge in [0.2, 0.25) is 0 Å². The molecule has 0 aliphatic rings. The number of phenolic OH excluding ortho intramolecular Hbond substituents is 2. The molecular formula is C23H18N6O5S. The molecule has 3 N–H and O–H groups in total. The van der Waals surface area contributed by atoms with Gasteiger partial charge in [-0.1, -0.05) is 42.1 Å². The molecule has 176 valence electrons. The summed E-state index contributed by atoms with van der Waals surface area (Å²) in [6, 6.07) is 19.3. The Hall–Kier alpha value is -4.71. The van der Waals surface area contributed by atoms with Crippen LogP contribution in [0, 0.1) is 10.1 Å². The molecule has 12 heteroatoms. The maximum absolute atomic E-state index is 12.3. The van der Waals surface area contributed by atoms with Crippen LogP contribution in [0.15, 0.2) is 83.1 Å². The van der Waals surface area contributed by atoms with E-state index in [0.29, 0.717) is 22.1 Å². The van der Waals surface area contributed by atoms with E-state index in [2.05, 4.69) is 20.7 Å². The zero-order valence-corrected chi connectivity index (χ0v) is 18.8. The number of thioether (sulfide) groups is 1. The Morgan fingerprint density at radius 1 is 1.09 bits per heavy atom. The molecule has 1 amide bonds. The second kappa shape index (κ2) is 10.5. The summed E-state index contributed by atoms with van der Waals surface area (Å²) in [4.78, 5) is 23.0. The van der Waals surface area contributed by atoms with Gasteiger partial charge in [-0.15, -0.1) is 10.2 Å². The van der Waals surface area contributed by atoms with Crippen LogP contribution in [-0.4, -0.2) is 47.8 Å². The lowest BCUT2D eigenvalue weighted by molar-refractivity contribution is -0.384. The minimum atomic E-state index is -0.481. The summed E-state index contributed by atoms with van der Waals surface area (Å²) < 4.78 is 1.72. The maximum Gasteiger partial charge on any atom is 0.270 e. The predicted octanol–water partition coefficient (Wildman–Crippen LogP) is 3.50. The lowest BCUT2D eigenvalue weighted by Gasteiger charge is -2.10. The number of benzene rings is 3. The fourth-order valence-corrected chi connectivity index (χ4v) is 3.84. The summed E-state index contributed by atoms with van der Waals surface area (Å²) in [5.74, 6) is -0.347. The van der Waals surface area contributed by atoms with Gasteiger partial charge in [0.05, 0.1) is 16.9 Å². The van der Waals surface area contributed by atoms with Crippen LogP contribution in [-0.2, 0) is 4.79 Å². The molecule has 1 heterocycles. The average Bonchev–Trinajstić information content (AvgIpc) is 3.29. The number of hydrogen-bond acceptors (Lipinski definition) is 9. The van der Waals surface area contributed by atoms with Crippen molar-refractivity contribution in [1.82, 2.24) is 20.2 Å². The number of nitro benzene ring substituents is 1. The number of nitrogens with zero attached hydrogens (tertiary/aromatic N) is 5. The van der Waals surface area contributed by atoms with E-state index < -0.39 is 10.8 Å². The summed E-state index contributed by atoms with van der Waals surface area (Å²) >= 11 is 1.11. The van der Waals surface area contributed by atoms with Gasteiger partial charge in [-0.25, -0.2) is 5.43 Å². The Morgan fingerprint density at radius 2 is 1.89 bits per heavy atom. The molecule has 0 atom stereocenters. The SMILES string of the molecule is O=C(CSc1nnc(-c2cccc([N+](=O)[O-])c2)n1-c1ccccc1)N/N=C/c1ccc(O)cc1O. The highest BCUT2D eigenvalue weighted by molar-refractivity contribution is 7.99. The van der Waals surface area contributed by atoms with Crippen LogP contribution in [0.3, 0.4) is 0 Å². The molecule has 0 saturated heterocycles. The van der Waals surface area contributed by atoms with Crippen molar-refractivity contribution in [3.63, 3.8) is 0 Å². The topological polar surface area (TPSA) is 156 Å². The van der Waals surface area contributed by atoms with Gasteiger partial charge in [0.15, 0.2) is 11.0 Å². The van der Waals surface area contributed by atoms with Crippen molar-refractivity contribution < 1.29 is 19.9 Å². The number of non-ortho nitro benzene ring substituents is 1. The second-order valence-electron chi connectivity index (χ2n) is 7.11. The number of aromatic nitrogens is 3. The zero-order valence-electron chi connectivity index (χ0n) is 18.0. The third-order valence-electron chi connectivity index (χ3n) is 4.70. The average molecular weight is 491 g/mol. The van der Waals surface area contributed by atoms with E-state index >= 15 is 0 Å². The first kappa shape index (κ1) is 23.4. The lowest BCUT2D eigenvalue weighted by Crippen LogP contribution is -2.20. The first-order valence-electron chi connectivity index (χ1n) is 10.1. The molecule has 35 heavy (non-hydrogen) atoms. The molecule has 11 nitrogen and oxygen atoms in total. The molecule has 4 rings (SSSR count). The van der Waals surface area contributed by atoms with Crippen LogP contribution >= 0.6 is 11.8 Å². The molecule has 0 aliphatic heterocycles. The van der Waals surface area contributed by atoms with E-state index in [-0.39, 0.29) is 22.9 Å². The van der Waals surface area contributed by atoms with Crippen LogP contribution in [0.5, 0.6) is 11.5 Å². The van der Waals surface area contributed by atoms with Crippen molar-refractivity contribution in [3.05, 3.63) is 88.5 Å². The Balaban J connectivity index is 1.53. The normalized spacial score (nSPS) is 11.0. The fourth-order valence-electron chi connectivity index (χ4n) is 3.10. The Labute approximate surface area is 202 Å². The van der Waals surface area contributed by atoms with Crippen molar-refractivity contribution in [1.29, 1.82) is 0 Å². The third kappa shape index (κ3) is 5.62. The third-order valence-corrected chi connectivity index (χ3v) is 5.63. The van der Waals surface area contributed by atoms with Crippen LogP contribution in [0.1, 0.15) is 5.56 Å². The minimum Gasteiger partial charge on any atom is -0.508 e. The van der Waals surface area contributed by atoms with Gasteiger partial charge >= 0.3 is 0 Å². The van der Waals surface area contributed by atoms with E-state index in [1.165, 1.54) is 30.5 Å². The highest BCUT2D eigenvalue weighted by Gasteiger charge is 2.19. The number of amides is 1. The number of carbonyl (C=O) groups excluding carboxylic acids is 1. The summed E-state index contributed by atoms with van der Waals surface area (Å²) in [5.41, 5.74) is 3.84. The van der Waals surface area contributed by atoms with Crippen LogP contribution in [0.2, 0.25) is 0 Å². The first-order valence-corrected chi connectivity index (χ1v) is 11.1. The predicted molar refractivity (Wildman–Crippen MR) is 130 cm³/mol.